The van der Waals surface area contributed by atoms with E-state index in [0.29, 0.717) is 29.6 Å². The number of halogens is 2. The molecule has 0 aliphatic heterocycles. The molecule has 0 radical (unpaired) electrons. The SMILES string of the molecule is Cn1ncc2c(Nc3ccc(C(F)F)cc3)nc(NCC3(N)CC3)nc21. The van der Waals surface area contributed by atoms with Crippen molar-refractivity contribution in [3.63, 3.8) is 0 Å². The van der Waals surface area contributed by atoms with Crippen molar-refractivity contribution in [2.24, 2.45) is 12.8 Å². The van der Waals surface area contributed by atoms with Crippen LogP contribution in [-0.2, 0) is 7.05 Å². The molecular weight excluding hydrogens is 340 g/mol. The van der Waals surface area contributed by atoms with Gasteiger partial charge in [0, 0.05) is 30.4 Å². The third kappa shape index (κ3) is 3.30. The van der Waals surface area contributed by atoms with E-state index in [4.69, 9.17) is 5.73 Å². The molecule has 4 N–H and O–H groups in total. The number of fused-ring (bicyclic) bond motifs is 1. The van der Waals surface area contributed by atoms with Gasteiger partial charge in [-0.3, -0.25) is 4.68 Å². The minimum absolute atomic E-state index is 0.0233. The lowest BCUT2D eigenvalue weighted by atomic mass is 10.2. The van der Waals surface area contributed by atoms with E-state index in [-0.39, 0.29) is 11.1 Å². The highest BCUT2D eigenvalue weighted by atomic mass is 19.3. The summed E-state index contributed by atoms with van der Waals surface area (Å²) in [5, 5.41) is 11.3. The number of benzene rings is 1. The second kappa shape index (κ2) is 6.17. The Hall–Kier alpha value is -2.81. The summed E-state index contributed by atoms with van der Waals surface area (Å²) in [5.41, 5.74) is 7.22. The van der Waals surface area contributed by atoms with Crippen LogP contribution in [0, 0.1) is 0 Å². The van der Waals surface area contributed by atoms with Crippen LogP contribution in [-0.4, -0.2) is 31.8 Å². The molecule has 136 valence electrons. The van der Waals surface area contributed by atoms with Gasteiger partial charge in [0.25, 0.3) is 6.43 Å². The fourth-order valence-corrected chi connectivity index (χ4v) is 2.64. The molecule has 7 nitrogen and oxygen atoms in total. The Balaban J connectivity index is 1.63. The molecule has 0 unspecified atom stereocenters. The molecule has 9 heteroatoms. The number of nitrogens with two attached hydrogens (primary N) is 1. The Morgan fingerprint density at radius 3 is 2.62 bits per heavy atom. The van der Waals surface area contributed by atoms with Crippen LogP contribution in [0.5, 0.6) is 0 Å². The van der Waals surface area contributed by atoms with Crippen LogP contribution in [0.2, 0.25) is 0 Å². The molecule has 3 aromatic rings. The molecule has 1 aliphatic rings. The average molecular weight is 359 g/mol. The zero-order valence-electron chi connectivity index (χ0n) is 14.2. The van der Waals surface area contributed by atoms with E-state index >= 15 is 0 Å². The minimum Gasteiger partial charge on any atom is -0.352 e. The molecule has 1 saturated carbocycles. The smallest absolute Gasteiger partial charge is 0.263 e. The van der Waals surface area contributed by atoms with Gasteiger partial charge >= 0.3 is 0 Å². The Bertz CT molecular complexity index is 932. The molecular formula is C17H19F2N7. The summed E-state index contributed by atoms with van der Waals surface area (Å²) in [5.74, 6) is 1.00. The second-order valence-corrected chi connectivity index (χ2v) is 6.66. The van der Waals surface area contributed by atoms with Crippen molar-refractivity contribution in [1.29, 1.82) is 0 Å². The van der Waals surface area contributed by atoms with E-state index in [0.717, 1.165) is 18.2 Å². The number of alkyl halides is 2. The summed E-state index contributed by atoms with van der Waals surface area (Å²) in [6.07, 6.45) is 1.14. The van der Waals surface area contributed by atoms with E-state index in [1.54, 1.807) is 30.1 Å². The Labute approximate surface area is 148 Å². The predicted octanol–water partition coefficient (Wildman–Crippen LogP) is 2.95. The van der Waals surface area contributed by atoms with Crippen molar-refractivity contribution in [2.45, 2.75) is 24.8 Å². The first-order valence-electron chi connectivity index (χ1n) is 8.31. The maximum Gasteiger partial charge on any atom is 0.263 e. The summed E-state index contributed by atoms with van der Waals surface area (Å²) in [6, 6.07) is 5.97. The molecule has 0 amide bonds. The first-order valence-corrected chi connectivity index (χ1v) is 8.31. The van der Waals surface area contributed by atoms with Crippen molar-refractivity contribution in [3.8, 4) is 0 Å². The predicted molar refractivity (Wildman–Crippen MR) is 95.6 cm³/mol. The van der Waals surface area contributed by atoms with Crippen LogP contribution in [0.1, 0.15) is 24.8 Å². The fourth-order valence-electron chi connectivity index (χ4n) is 2.64. The lowest BCUT2D eigenvalue weighted by Gasteiger charge is -2.13. The van der Waals surface area contributed by atoms with Crippen molar-refractivity contribution in [3.05, 3.63) is 36.0 Å². The van der Waals surface area contributed by atoms with Crippen LogP contribution in [0.15, 0.2) is 30.5 Å². The molecule has 0 atom stereocenters. The summed E-state index contributed by atoms with van der Waals surface area (Å²) >= 11 is 0. The molecule has 1 fully saturated rings. The quantitative estimate of drug-likeness (QED) is 0.626. The van der Waals surface area contributed by atoms with Crippen LogP contribution in [0.4, 0.5) is 26.2 Å². The lowest BCUT2D eigenvalue weighted by molar-refractivity contribution is 0.151. The first kappa shape index (κ1) is 16.6. The van der Waals surface area contributed by atoms with Gasteiger partial charge in [0.1, 0.15) is 5.82 Å². The summed E-state index contributed by atoms with van der Waals surface area (Å²) in [7, 11) is 1.80. The lowest BCUT2D eigenvalue weighted by Crippen LogP contribution is -2.31. The van der Waals surface area contributed by atoms with Gasteiger partial charge in [-0.25, -0.2) is 8.78 Å². The normalized spacial score (nSPS) is 15.4. The number of aromatic nitrogens is 4. The highest BCUT2D eigenvalue weighted by Gasteiger charge is 2.38. The third-order valence-corrected chi connectivity index (χ3v) is 4.51. The van der Waals surface area contributed by atoms with Crippen molar-refractivity contribution < 1.29 is 8.78 Å². The zero-order chi connectivity index (χ0) is 18.3. The topological polar surface area (TPSA) is 93.7 Å². The number of rotatable bonds is 6. The third-order valence-electron chi connectivity index (χ3n) is 4.51. The monoisotopic (exact) mass is 359 g/mol. The van der Waals surface area contributed by atoms with Crippen LogP contribution in [0.25, 0.3) is 11.0 Å². The van der Waals surface area contributed by atoms with Gasteiger partial charge in [-0.05, 0) is 25.0 Å². The van der Waals surface area contributed by atoms with Gasteiger partial charge in [-0.15, -0.1) is 0 Å². The summed E-state index contributed by atoms with van der Waals surface area (Å²) in [4.78, 5) is 9.00. The molecule has 0 spiro atoms. The highest BCUT2D eigenvalue weighted by molar-refractivity contribution is 5.89. The largest absolute Gasteiger partial charge is 0.352 e. The number of nitrogens with one attached hydrogen (secondary N) is 2. The summed E-state index contributed by atoms with van der Waals surface area (Å²) < 4.78 is 27.1. The van der Waals surface area contributed by atoms with Gasteiger partial charge < -0.3 is 16.4 Å². The summed E-state index contributed by atoms with van der Waals surface area (Å²) in [6.45, 7) is 0.596. The standard InChI is InChI=1S/C17H19F2N7/c1-26-15-12(8-22-26)14(23-11-4-2-10(3-5-11)13(18)19)24-16(25-15)21-9-17(20)6-7-17/h2-5,8,13H,6-7,9,20H2,1H3,(H2,21,23,24,25). The molecule has 1 aliphatic carbocycles. The van der Waals surface area contributed by atoms with Crippen LogP contribution in [0.3, 0.4) is 0 Å². The molecule has 2 heterocycles. The van der Waals surface area contributed by atoms with Gasteiger partial charge in [0.15, 0.2) is 5.65 Å². The number of aryl methyl sites for hydroxylation is 1. The number of hydrogen-bond donors (Lipinski definition) is 3. The Morgan fingerprint density at radius 1 is 1.23 bits per heavy atom. The maximum absolute atomic E-state index is 12.7. The Kier molecular flexibility index (Phi) is 3.95. The number of nitrogens with zero attached hydrogens (tertiary/aromatic N) is 4. The molecule has 4 rings (SSSR count). The average Bonchev–Trinajstić information content (AvgIpc) is 3.25. The minimum atomic E-state index is -2.49. The van der Waals surface area contributed by atoms with E-state index in [1.807, 2.05) is 0 Å². The van der Waals surface area contributed by atoms with E-state index in [1.165, 1.54) is 12.1 Å². The molecule has 0 bridgehead atoms. The van der Waals surface area contributed by atoms with E-state index in [9.17, 15) is 8.78 Å². The van der Waals surface area contributed by atoms with Gasteiger partial charge in [0.2, 0.25) is 5.95 Å². The maximum atomic E-state index is 12.7. The molecule has 2 aromatic heterocycles. The molecule has 0 saturated heterocycles. The number of anilines is 3. The number of hydrogen-bond acceptors (Lipinski definition) is 6. The van der Waals surface area contributed by atoms with Crippen molar-refractivity contribution in [1.82, 2.24) is 19.7 Å². The van der Waals surface area contributed by atoms with E-state index in [2.05, 4.69) is 25.7 Å². The van der Waals surface area contributed by atoms with Crippen LogP contribution < -0.4 is 16.4 Å². The highest BCUT2D eigenvalue weighted by Crippen LogP contribution is 2.32. The fraction of sp³-hybridized carbons (Fsp3) is 0.353. The van der Waals surface area contributed by atoms with Crippen LogP contribution >= 0.6 is 0 Å². The van der Waals surface area contributed by atoms with Crippen molar-refractivity contribution in [2.75, 3.05) is 17.2 Å². The van der Waals surface area contributed by atoms with Gasteiger partial charge in [0.05, 0.1) is 11.6 Å². The van der Waals surface area contributed by atoms with E-state index < -0.39 is 6.43 Å². The second-order valence-electron chi connectivity index (χ2n) is 6.66. The van der Waals surface area contributed by atoms with Crippen molar-refractivity contribution >= 4 is 28.5 Å². The van der Waals surface area contributed by atoms with Gasteiger partial charge in [-0.1, -0.05) is 12.1 Å². The molecule has 1 aromatic carbocycles. The molecule has 26 heavy (non-hydrogen) atoms. The first-order chi connectivity index (χ1) is 12.4. The Morgan fingerprint density at radius 2 is 1.96 bits per heavy atom. The van der Waals surface area contributed by atoms with Gasteiger partial charge in [-0.2, -0.15) is 15.1 Å². The zero-order valence-corrected chi connectivity index (χ0v) is 14.2.